The zero-order valence-corrected chi connectivity index (χ0v) is 9.96. The first-order valence-corrected chi connectivity index (χ1v) is 5.07. The monoisotopic (exact) mass is 264 g/mol. The van der Waals surface area contributed by atoms with Crippen LogP contribution in [0.5, 0.6) is 5.88 Å². The van der Waals surface area contributed by atoms with E-state index in [2.05, 4.69) is 9.72 Å². The van der Waals surface area contributed by atoms with E-state index in [1.54, 1.807) is 0 Å². The minimum atomic E-state index is -0.876. The normalized spacial score (nSPS) is 12.0. The van der Waals surface area contributed by atoms with E-state index in [1.165, 1.54) is 19.4 Å². The molecular weight excluding hydrogens is 255 g/mol. The topological polar surface area (TPSA) is 74.4 Å². The van der Waals surface area contributed by atoms with Crippen LogP contribution in [0.3, 0.4) is 0 Å². The second kappa shape index (κ2) is 5.89. The number of pyridine rings is 1. The fraction of sp³-hybridized carbons (Fsp3) is 0.333. The van der Waals surface area contributed by atoms with E-state index in [0.717, 1.165) is 0 Å². The van der Waals surface area contributed by atoms with Gasteiger partial charge in [-0.2, -0.15) is 0 Å². The Bertz CT molecular complexity index is 387. The zero-order valence-electron chi connectivity index (χ0n) is 8.44. The molecule has 0 amide bonds. The lowest BCUT2D eigenvalue weighted by Gasteiger charge is -2.11. The van der Waals surface area contributed by atoms with Crippen LogP contribution in [0.1, 0.15) is 0 Å². The second-order valence-electron chi connectivity index (χ2n) is 2.88. The van der Waals surface area contributed by atoms with Crippen LogP contribution >= 0.6 is 23.2 Å². The molecule has 1 aromatic heterocycles. The van der Waals surface area contributed by atoms with Crippen molar-refractivity contribution in [3.8, 4) is 5.88 Å². The molecule has 88 valence electrons. The summed E-state index contributed by atoms with van der Waals surface area (Å²) in [6.45, 7) is -0.0684. The Morgan fingerprint density at radius 2 is 2.31 bits per heavy atom. The first-order chi connectivity index (χ1) is 7.54. The van der Waals surface area contributed by atoms with Gasteiger partial charge in [0.1, 0.15) is 17.7 Å². The summed E-state index contributed by atoms with van der Waals surface area (Å²) < 4.78 is 9.58. The lowest BCUT2D eigenvalue weighted by atomic mass is 10.3. The standard InChI is InChI=1S/C9H10Cl2N2O3/c1-15-9(14)7(12)4-16-8-6(11)2-5(10)3-13-8/h2-3,7H,4,12H2,1H3. The molecule has 0 aliphatic carbocycles. The number of hydrogen-bond acceptors (Lipinski definition) is 5. The highest BCUT2D eigenvalue weighted by Gasteiger charge is 2.15. The first-order valence-electron chi connectivity index (χ1n) is 4.32. The Hall–Kier alpha value is -1.04. The average molecular weight is 265 g/mol. The van der Waals surface area contributed by atoms with Crippen molar-refractivity contribution in [3.63, 3.8) is 0 Å². The van der Waals surface area contributed by atoms with E-state index < -0.39 is 12.0 Å². The van der Waals surface area contributed by atoms with Crippen LogP contribution in [0, 0.1) is 0 Å². The van der Waals surface area contributed by atoms with Gasteiger partial charge in [0.15, 0.2) is 0 Å². The summed E-state index contributed by atoms with van der Waals surface area (Å²) in [7, 11) is 1.25. The molecule has 1 unspecified atom stereocenters. The van der Waals surface area contributed by atoms with Gasteiger partial charge in [0.05, 0.1) is 12.1 Å². The van der Waals surface area contributed by atoms with Crippen molar-refractivity contribution >= 4 is 29.2 Å². The molecule has 0 saturated heterocycles. The van der Waals surface area contributed by atoms with Gasteiger partial charge < -0.3 is 15.2 Å². The molecule has 2 N–H and O–H groups in total. The number of methoxy groups -OCH3 is 1. The molecule has 0 aliphatic heterocycles. The number of carbonyl (C=O) groups is 1. The van der Waals surface area contributed by atoms with Gasteiger partial charge in [-0.25, -0.2) is 4.98 Å². The van der Waals surface area contributed by atoms with Crippen LogP contribution in [0.4, 0.5) is 0 Å². The maximum absolute atomic E-state index is 11.0. The van der Waals surface area contributed by atoms with Crippen LogP contribution < -0.4 is 10.5 Å². The molecule has 7 heteroatoms. The quantitative estimate of drug-likeness (QED) is 0.830. The first kappa shape index (κ1) is 13.0. The van der Waals surface area contributed by atoms with Crippen LogP contribution in [-0.2, 0) is 9.53 Å². The third-order valence-corrected chi connectivity index (χ3v) is 2.16. The molecule has 0 aromatic carbocycles. The number of nitrogens with zero attached hydrogens (tertiary/aromatic N) is 1. The van der Waals surface area contributed by atoms with Gasteiger partial charge in [0.25, 0.3) is 0 Å². The van der Waals surface area contributed by atoms with Crippen LogP contribution in [0.25, 0.3) is 0 Å². The SMILES string of the molecule is COC(=O)C(N)COc1ncc(Cl)cc1Cl. The van der Waals surface area contributed by atoms with Crippen LogP contribution in [0.15, 0.2) is 12.3 Å². The zero-order chi connectivity index (χ0) is 12.1. The Morgan fingerprint density at radius 1 is 1.62 bits per heavy atom. The van der Waals surface area contributed by atoms with E-state index in [9.17, 15) is 4.79 Å². The van der Waals surface area contributed by atoms with E-state index in [-0.39, 0.29) is 17.5 Å². The van der Waals surface area contributed by atoms with Gasteiger partial charge in [-0.15, -0.1) is 0 Å². The van der Waals surface area contributed by atoms with Gasteiger partial charge in [0.2, 0.25) is 5.88 Å². The molecule has 1 aromatic rings. The number of ether oxygens (including phenoxy) is 2. The van der Waals surface area contributed by atoms with Gasteiger partial charge in [-0.3, -0.25) is 4.79 Å². The van der Waals surface area contributed by atoms with Gasteiger partial charge in [0, 0.05) is 6.20 Å². The highest BCUT2D eigenvalue weighted by molar-refractivity contribution is 6.35. The average Bonchev–Trinajstić information content (AvgIpc) is 2.26. The van der Waals surface area contributed by atoms with Crippen LogP contribution in [-0.4, -0.2) is 30.7 Å². The number of hydrogen-bond donors (Lipinski definition) is 1. The molecule has 0 radical (unpaired) electrons. The van der Waals surface area contributed by atoms with E-state index in [4.69, 9.17) is 33.7 Å². The lowest BCUT2D eigenvalue weighted by Crippen LogP contribution is -2.37. The number of rotatable bonds is 4. The van der Waals surface area contributed by atoms with Gasteiger partial charge >= 0.3 is 5.97 Å². The minimum Gasteiger partial charge on any atom is -0.474 e. The van der Waals surface area contributed by atoms with Gasteiger partial charge in [-0.1, -0.05) is 23.2 Å². The molecule has 0 aliphatic rings. The van der Waals surface area contributed by atoms with Crippen molar-refractivity contribution in [3.05, 3.63) is 22.3 Å². The summed E-state index contributed by atoms with van der Waals surface area (Å²) in [6, 6.07) is 0.605. The summed E-state index contributed by atoms with van der Waals surface area (Å²) in [4.78, 5) is 14.8. The fourth-order valence-corrected chi connectivity index (χ4v) is 1.33. The van der Waals surface area contributed by atoms with E-state index in [0.29, 0.717) is 5.02 Å². The minimum absolute atomic E-state index is 0.0684. The third kappa shape index (κ3) is 3.52. The molecule has 0 saturated carbocycles. The number of halogens is 2. The highest BCUT2D eigenvalue weighted by Crippen LogP contribution is 2.24. The van der Waals surface area contributed by atoms with Crippen molar-refractivity contribution in [1.82, 2.24) is 4.98 Å². The number of carbonyl (C=O) groups excluding carboxylic acids is 1. The Morgan fingerprint density at radius 3 is 2.88 bits per heavy atom. The van der Waals surface area contributed by atoms with Crippen molar-refractivity contribution in [2.45, 2.75) is 6.04 Å². The Balaban J connectivity index is 2.58. The number of aromatic nitrogens is 1. The van der Waals surface area contributed by atoms with Crippen LogP contribution in [0.2, 0.25) is 10.0 Å². The van der Waals surface area contributed by atoms with Gasteiger partial charge in [-0.05, 0) is 6.07 Å². The molecule has 1 rings (SSSR count). The van der Waals surface area contributed by atoms with Crippen molar-refractivity contribution in [2.24, 2.45) is 5.73 Å². The van der Waals surface area contributed by atoms with Crippen molar-refractivity contribution in [1.29, 1.82) is 0 Å². The van der Waals surface area contributed by atoms with E-state index >= 15 is 0 Å². The molecule has 0 bridgehead atoms. The summed E-state index contributed by atoms with van der Waals surface area (Å²) in [6.07, 6.45) is 1.38. The fourth-order valence-electron chi connectivity index (χ4n) is 0.896. The summed E-state index contributed by atoms with van der Waals surface area (Å²) in [5.41, 5.74) is 5.46. The van der Waals surface area contributed by atoms with Crippen molar-refractivity contribution < 1.29 is 14.3 Å². The summed E-state index contributed by atoms with van der Waals surface area (Å²) in [5, 5.41) is 0.652. The lowest BCUT2D eigenvalue weighted by molar-refractivity contribution is -0.142. The van der Waals surface area contributed by atoms with Crippen molar-refractivity contribution in [2.75, 3.05) is 13.7 Å². The number of esters is 1. The predicted octanol–water partition coefficient (Wildman–Crippen LogP) is 1.27. The molecule has 0 fully saturated rings. The Labute approximate surface area is 102 Å². The molecule has 0 spiro atoms. The predicted molar refractivity (Wildman–Crippen MR) is 59.7 cm³/mol. The molecular formula is C9H10Cl2N2O3. The maximum atomic E-state index is 11.0. The molecule has 1 atom stereocenters. The highest BCUT2D eigenvalue weighted by atomic mass is 35.5. The smallest absolute Gasteiger partial charge is 0.326 e. The second-order valence-corrected chi connectivity index (χ2v) is 3.72. The van der Waals surface area contributed by atoms with E-state index in [1.807, 2.05) is 0 Å². The maximum Gasteiger partial charge on any atom is 0.326 e. The Kier molecular flexibility index (Phi) is 4.79. The molecule has 5 nitrogen and oxygen atoms in total. The number of nitrogens with two attached hydrogens (primary N) is 1. The largest absolute Gasteiger partial charge is 0.474 e. The third-order valence-electron chi connectivity index (χ3n) is 1.68. The molecule has 16 heavy (non-hydrogen) atoms. The summed E-state index contributed by atoms with van der Waals surface area (Å²) >= 11 is 11.4. The molecule has 1 heterocycles. The summed E-state index contributed by atoms with van der Waals surface area (Å²) in [5.74, 6) is -0.393.